The van der Waals surface area contributed by atoms with Crippen molar-refractivity contribution in [2.45, 2.75) is 0 Å². The van der Waals surface area contributed by atoms with Gasteiger partial charge in [0.2, 0.25) is 0 Å². The molecular weight excluding hydrogens is 376 g/mol. The molecule has 0 aliphatic rings. The van der Waals surface area contributed by atoms with Gasteiger partial charge in [-0.05, 0) is 28.1 Å². The van der Waals surface area contributed by atoms with Gasteiger partial charge in [-0.3, -0.25) is 0 Å². The van der Waals surface area contributed by atoms with E-state index in [1.54, 1.807) is 14.2 Å². The van der Waals surface area contributed by atoms with Crippen LogP contribution in [0.5, 0.6) is 5.75 Å². The number of halogens is 2. The van der Waals surface area contributed by atoms with Gasteiger partial charge in [-0.15, -0.1) is 0 Å². The summed E-state index contributed by atoms with van der Waals surface area (Å²) >= 11 is 6.90. The van der Waals surface area contributed by atoms with Gasteiger partial charge in [-0.1, -0.05) is 15.9 Å². The lowest BCUT2D eigenvalue weighted by molar-refractivity contribution is 0.415. The van der Waals surface area contributed by atoms with E-state index in [0.717, 1.165) is 26.2 Å². The molecule has 0 aliphatic heterocycles. The number of nitrogens with one attached hydrogen (secondary N) is 2. The minimum Gasteiger partial charge on any atom is -0.497 e. The molecule has 0 saturated heterocycles. The topological polar surface area (TPSA) is 59.1 Å². The van der Waals surface area contributed by atoms with E-state index in [0.29, 0.717) is 5.82 Å². The Morgan fingerprint density at radius 1 is 1.11 bits per heavy atom. The van der Waals surface area contributed by atoms with Crippen molar-refractivity contribution in [1.82, 2.24) is 9.97 Å². The molecule has 0 bridgehead atoms. The van der Waals surface area contributed by atoms with Crippen LogP contribution in [0.4, 0.5) is 17.3 Å². The van der Waals surface area contributed by atoms with Gasteiger partial charge in [0.05, 0.1) is 7.11 Å². The Bertz CT molecular complexity index is 592. The van der Waals surface area contributed by atoms with Gasteiger partial charge < -0.3 is 15.4 Å². The number of methoxy groups -OCH3 is 1. The van der Waals surface area contributed by atoms with E-state index in [2.05, 4.69) is 52.5 Å². The summed E-state index contributed by atoms with van der Waals surface area (Å²) in [6, 6.07) is 5.72. The molecule has 2 aromatic rings. The van der Waals surface area contributed by atoms with Crippen molar-refractivity contribution in [3.8, 4) is 5.75 Å². The highest BCUT2D eigenvalue weighted by molar-refractivity contribution is 9.11. The van der Waals surface area contributed by atoms with Crippen LogP contribution in [0.3, 0.4) is 0 Å². The lowest BCUT2D eigenvalue weighted by Gasteiger charge is -2.11. The van der Waals surface area contributed by atoms with E-state index >= 15 is 0 Å². The second kappa shape index (κ2) is 6.21. The van der Waals surface area contributed by atoms with Crippen LogP contribution in [0.1, 0.15) is 0 Å². The highest BCUT2D eigenvalue weighted by atomic mass is 79.9. The van der Waals surface area contributed by atoms with E-state index in [9.17, 15) is 0 Å². The van der Waals surface area contributed by atoms with Gasteiger partial charge >= 0.3 is 0 Å². The van der Waals surface area contributed by atoms with E-state index in [1.807, 2.05) is 18.2 Å². The average Bonchev–Trinajstić information content (AvgIpc) is 2.40. The first-order chi connectivity index (χ1) is 9.13. The van der Waals surface area contributed by atoms with Crippen LogP contribution < -0.4 is 15.4 Å². The zero-order chi connectivity index (χ0) is 13.8. The van der Waals surface area contributed by atoms with Gasteiger partial charge in [-0.2, -0.15) is 0 Å². The Labute approximate surface area is 128 Å². The number of ether oxygens (including phenoxy) is 1. The van der Waals surface area contributed by atoms with E-state index < -0.39 is 0 Å². The largest absolute Gasteiger partial charge is 0.497 e. The molecule has 7 heteroatoms. The predicted octanol–water partition coefficient (Wildman–Crippen LogP) is 3.80. The first kappa shape index (κ1) is 14.1. The maximum atomic E-state index is 5.22. The molecule has 0 aliphatic carbocycles. The summed E-state index contributed by atoms with van der Waals surface area (Å²) < 4.78 is 6.92. The number of aromatic nitrogens is 2. The van der Waals surface area contributed by atoms with Crippen LogP contribution in [0.15, 0.2) is 33.5 Å². The first-order valence-electron chi connectivity index (χ1n) is 5.44. The molecule has 0 spiro atoms. The van der Waals surface area contributed by atoms with E-state index in [-0.39, 0.29) is 0 Å². The second-order valence-corrected chi connectivity index (χ2v) is 5.35. The first-order valence-corrected chi connectivity index (χ1v) is 7.02. The quantitative estimate of drug-likeness (QED) is 0.835. The molecule has 0 unspecified atom stereocenters. The number of hydrogen-bond donors (Lipinski definition) is 2. The molecule has 0 amide bonds. The van der Waals surface area contributed by atoms with Crippen LogP contribution in [-0.4, -0.2) is 24.1 Å². The van der Waals surface area contributed by atoms with Crippen LogP contribution >= 0.6 is 31.9 Å². The minimum atomic E-state index is 0.680. The predicted molar refractivity (Wildman–Crippen MR) is 83.3 cm³/mol. The number of anilines is 3. The molecule has 19 heavy (non-hydrogen) atoms. The summed E-state index contributed by atoms with van der Waals surface area (Å²) in [5, 5.41) is 6.20. The Morgan fingerprint density at radius 3 is 2.53 bits per heavy atom. The van der Waals surface area contributed by atoms with Crippen molar-refractivity contribution in [2.75, 3.05) is 24.8 Å². The van der Waals surface area contributed by atoms with Crippen LogP contribution in [-0.2, 0) is 0 Å². The molecule has 1 aromatic carbocycles. The van der Waals surface area contributed by atoms with Crippen molar-refractivity contribution in [2.24, 2.45) is 0 Å². The SMILES string of the molecule is CNc1ncnc(Nc2cc(Br)cc(OC)c2)c1Br. The van der Waals surface area contributed by atoms with Gasteiger partial charge in [-0.25, -0.2) is 9.97 Å². The highest BCUT2D eigenvalue weighted by Gasteiger charge is 2.08. The van der Waals surface area contributed by atoms with Crippen molar-refractivity contribution in [3.05, 3.63) is 33.5 Å². The van der Waals surface area contributed by atoms with Crippen molar-refractivity contribution in [3.63, 3.8) is 0 Å². The van der Waals surface area contributed by atoms with Gasteiger partial charge in [0.25, 0.3) is 0 Å². The third-order valence-corrected chi connectivity index (χ3v) is 3.60. The Hall–Kier alpha value is -1.34. The molecule has 0 saturated carbocycles. The number of rotatable bonds is 4. The smallest absolute Gasteiger partial charge is 0.150 e. The highest BCUT2D eigenvalue weighted by Crippen LogP contribution is 2.31. The summed E-state index contributed by atoms with van der Waals surface area (Å²) in [4.78, 5) is 8.31. The fraction of sp³-hybridized carbons (Fsp3) is 0.167. The number of hydrogen-bond acceptors (Lipinski definition) is 5. The van der Waals surface area contributed by atoms with Crippen molar-refractivity contribution in [1.29, 1.82) is 0 Å². The summed E-state index contributed by atoms with van der Waals surface area (Å²) in [6.45, 7) is 0. The Kier molecular flexibility index (Phi) is 4.60. The molecule has 100 valence electrons. The minimum absolute atomic E-state index is 0.680. The molecular formula is C12H12Br2N4O. The molecule has 1 heterocycles. The van der Waals surface area contributed by atoms with Gasteiger partial charge in [0, 0.05) is 23.3 Å². The third kappa shape index (κ3) is 3.36. The maximum absolute atomic E-state index is 5.22. The Balaban J connectivity index is 2.33. The zero-order valence-electron chi connectivity index (χ0n) is 10.4. The monoisotopic (exact) mass is 386 g/mol. The summed E-state index contributed by atoms with van der Waals surface area (Å²) in [7, 11) is 3.43. The molecule has 2 N–H and O–H groups in total. The zero-order valence-corrected chi connectivity index (χ0v) is 13.5. The van der Waals surface area contributed by atoms with E-state index in [4.69, 9.17) is 4.74 Å². The molecule has 0 fully saturated rings. The molecule has 0 radical (unpaired) electrons. The van der Waals surface area contributed by atoms with Gasteiger partial charge in [0.15, 0.2) is 0 Å². The second-order valence-electron chi connectivity index (χ2n) is 3.64. The van der Waals surface area contributed by atoms with Crippen molar-refractivity contribution >= 4 is 49.2 Å². The average molecular weight is 388 g/mol. The van der Waals surface area contributed by atoms with Crippen LogP contribution in [0.2, 0.25) is 0 Å². The molecule has 5 nitrogen and oxygen atoms in total. The summed E-state index contributed by atoms with van der Waals surface area (Å²) in [5.74, 6) is 2.16. The number of benzene rings is 1. The molecule has 1 aromatic heterocycles. The fourth-order valence-electron chi connectivity index (χ4n) is 1.52. The third-order valence-electron chi connectivity index (χ3n) is 2.40. The summed E-state index contributed by atoms with van der Waals surface area (Å²) in [6.07, 6.45) is 1.49. The van der Waals surface area contributed by atoms with Crippen molar-refractivity contribution < 1.29 is 4.74 Å². The van der Waals surface area contributed by atoms with E-state index in [1.165, 1.54) is 6.33 Å². The normalized spacial score (nSPS) is 10.1. The lowest BCUT2D eigenvalue weighted by Crippen LogP contribution is -2.00. The van der Waals surface area contributed by atoms with Gasteiger partial charge in [0.1, 0.15) is 28.2 Å². The fourth-order valence-corrected chi connectivity index (χ4v) is 2.50. The molecule has 2 rings (SSSR count). The number of nitrogens with zero attached hydrogens (tertiary/aromatic N) is 2. The Morgan fingerprint density at radius 2 is 1.84 bits per heavy atom. The van der Waals surface area contributed by atoms with Crippen LogP contribution in [0.25, 0.3) is 0 Å². The lowest BCUT2D eigenvalue weighted by atomic mass is 10.3. The van der Waals surface area contributed by atoms with Crippen LogP contribution in [0, 0.1) is 0 Å². The molecule has 0 atom stereocenters. The maximum Gasteiger partial charge on any atom is 0.150 e. The standard InChI is InChI=1S/C12H12Br2N4O/c1-15-11-10(14)12(17-6-16-11)18-8-3-7(13)4-9(5-8)19-2/h3-6H,1-2H3,(H2,15,16,17,18). The summed E-state index contributed by atoms with van der Waals surface area (Å²) in [5.41, 5.74) is 0.868.